The normalized spacial score (nSPS) is 13.4. The van der Waals surface area contributed by atoms with Crippen molar-refractivity contribution in [3.05, 3.63) is 71.8 Å². The lowest BCUT2D eigenvalue weighted by atomic mass is 10.2. The fourth-order valence-corrected chi connectivity index (χ4v) is 2.84. The second-order valence-electron chi connectivity index (χ2n) is 6.29. The van der Waals surface area contributed by atoms with Crippen LogP contribution < -0.4 is 10.1 Å². The highest BCUT2D eigenvalue weighted by Crippen LogP contribution is 2.38. The van der Waals surface area contributed by atoms with Crippen molar-refractivity contribution in [2.75, 3.05) is 7.11 Å². The summed E-state index contributed by atoms with van der Waals surface area (Å²) in [6, 6.07) is 16.8. The van der Waals surface area contributed by atoms with Crippen LogP contribution in [0.2, 0.25) is 0 Å². The molecule has 1 heterocycles. The van der Waals surface area contributed by atoms with Crippen LogP contribution in [0.5, 0.6) is 5.75 Å². The summed E-state index contributed by atoms with van der Waals surface area (Å²) in [5.41, 5.74) is 1.44. The average Bonchev–Trinajstić information content (AvgIpc) is 3.46. The van der Waals surface area contributed by atoms with Gasteiger partial charge in [-0.3, -0.25) is 4.79 Å². The Morgan fingerprint density at radius 3 is 2.62 bits per heavy atom. The number of methoxy groups -OCH3 is 1. The highest BCUT2D eigenvalue weighted by atomic mass is 16.5. The van der Waals surface area contributed by atoms with Crippen LogP contribution >= 0.6 is 0 Å². The number of aromatic nitrogens is 3. The third-order valence-corrected chi connectivity index (χ3v) is 4.39. The summed E-state index contributed by atoms with van der Waals surface area (Å²) in [4.78, 5) is 17.0. The Morgan fingerprint density at radius 1 is 1.15 bits per heavy atom. The molecule has 1 aromatic heterocycles. The molecule has 1 amide bonds. The first-order valence-corrected chi connectivity index (χ1v) is 8.68. The van der Waals surface area contributed by atoms with Crippen LogP contribution in [-0.4, -0.2) is 27.8 Å². The van der Waals surface area contributed by atoms with Crippen LogP contribution in [0.25, 0.3) is 5.69 Å². The van der Waals surface area contributed by atoms with Gasteiger partial charge in [0.15, 0.2) is 11.6 Å². The summed E-state index contributed by atoms with van der Waals surface area (Å²) in [6.45, 7) is 0.297. The van der Waals surface area contributed by atoms with E-state index < -0.39 is 0 Å². The summed E-state index contributed by atoms with van der Waals surface area (Å²) in [7, 11) is 1.63. The highest BCUT2D eigenvalue weighted by molar-refractivity contribution is 5.94. The third-order valence-electron chi connectivity index (χ3n) is 4.39. The summed E-state index contributed by atoms with van der Waals surface area (Å²) in [5.74, 6) is 2.54. The Balaban J connectivity index is 1.62. The molecule has 1 saturated carbocycles. The van der Waals surface area contributed by atoms with Crippen molar-refractivity contribution in [1.29, 1.82) is 0 Å². The van der Waals surface area contributed by atoms with Gasteiger partial charge >= 0.3 is 0 Å². The fraction of sp³-hybridized carbons (Fsp3) is 0.250. The lowest BCUT2D eigenvalue weighted by molar-refractivity contribution is 0.0949. The third kappa shape index (κ3) is 3.31. The molecule has 132 valence electrons. The number of carbonyl (C=O) groups is 1. The first kappa shape index (κ1) is 16.3. The van der Waals surface area contributed by atoms with Gasteiger partial charge in [0.1, 0.15) is 11.4 Å². The maximum Gasteiger partial charge on any atom is 0.251 e. The molecule has 1 N–H and O–H groups in total. The zero-order chi connectivity index (χ0) is 17.9. The van der Waals surface area contributed by atoms with Gasteiger partial charge in [-0.25, -0.2) is 9.67 Å². The molecule has 6 heteroatoms. The second kappa shape index (κ2) is 7.00. The average molecular weight is 348 g/mol. The molecule has 0 atom stereocenters. The van der Waals surface area contributed by atoms with Crippen LogP contribution in [0.1, 0.15) is 40.8 Å². The minimum atomic E-state index is -0.131. The molecule has 6 nitrogen and oxygen atoms in total. The lowest BCUT2D eigenvalue weighted by Crippen LogP contribution is -2.24. The lowest BCUT2D eigenvalue weighted by Gasteiger charge is -2.11. The van der Waals surface area contributed by atoms with Gasteiger partial charge in [-0.05, 0) is 37.1 Å². The molecule has 4 rings (SSSR count). The topological polar surface area (TPSA) is 69.0 Å². The van der Waals surface area contributed by atoms with Crippen LogP contribution in [-0.2, 0) is 6.54 Å². The van der Waals surface area contributed by atoms with E-state index in [4.69, 9.17) is 4.74 Å². The number of carbonyl (C=O) groups excluding carboxylic acids is 1. The van der Waals surface area contributed by atoms with Crippen molar-refractivity contribution < 1.29 is 9.53 Å². The van der Waals surface area contributed by atoms with E-state index in [1.807, 2.05) is 42.5 Å². The molecule has 1 fully saturated rings. The van der Waals surface area contributed by atoms with Crippen LogP contribution in [0.15, 0.2) is 54.6 Å². The Kier molecular flexibility index (Phi) is 4.39. The fourth-order valence-electron chi connectivity index (χ4n) is 2.84. The number of nitrogens with zero attached hydrogens (tertiary/aromatic N) is 3. The van der Waals surface area contributed by atoms with Crippen molar-refractivity contribution in [1.82, 2.24) is 20.1 Å². The Labute approximate surface area is 151 Å². The number of nitrogens with one attached hydrogen (secondary N) is 1. The van der Waals surface area contributed by atoms with Crippen LogP contribution in [0.4, 0.5) is 0 Å². The van der Waals surface area contributed by atoms with Crippen molar-refractivity contribution in [3.63, 3.8) is 0 Å². The molecule has 1 aliphatic rings. The number of amides is 1. The predicted molar refractivity (Wildman–Crippen MR) is 97.5 cm³/mol. The summed E-state index contributed by atoms with van der Waals surface area (Å²) in [6.07, 6.45) is 2.23. The minimum Gasteiger partial charge on any atom is -0.494 e. The Morgan fingerprint density at radius 2 is 1.88 bits per heavy atom. The number of hydrogen-bond acceptors (Lipinski definition) is 4. The number of ether oxygens (including phenoxy) is 1. The van der Waals surface area contributed by atoms with Crippen molar-refractivity contribution in [3.8, 4) is 11.4 Å². The van der Waals surface area contributed by atoms with E-state index in [0.717, 1.165) is 30.1 Å². The van der Waals surface area contributed by atoms with Gasteiger partial charge < -0.3 is 10.1 Å². The molecule has 0 radical (unpaired) electrons. The maximum atomic E-state index is 12.3. The van der Waals surface area contributed by atoms with E-state index in [1.165, 1.54) is 0 Å². The van der Waals surface area contributed by atoms with E-state index in [2.05, 4.69) is 15.4 Å². The van der Waals surface area contributed by atoms with Crippen molar-refractivity contribution >= 4 is 5.91 Å². The quantitative estimate of drug-likeness (QED) is 0.743. The van der Waals surface area contributed by atoms with Crippen LogP contribution in [0, 0.1) is 0 Å². The molecule has 3 aromatic rings. The Bertz CT molecular complexity index is 917. The van der Waals surface area contributed by atoms with Crippen LogP contribution in [0.3, 0.4) is 0 Å². The zero-order valence-electron chi connectivity index (χ0n) is 14.6. The van der Waals surface area contributed by atoms with Gasteiger partial charge in [-0.15, -0.1) is 0 Å². The summed E-state index contributed by atoms with van der Waals surface area (Å²) >= 11 is 0. The van der Waals surface area contributed by atoms with E-state index in [9.17, 15) is 4.79 Å². The molecule has 0 saturated heterocycles. The Hall–Kier alpha value is -3.15. The van der Waals surface area contributed by atoms with Crippen molar-refractivity contribution in [2.24, 2.45) is 0 Å². The van der Waals surface area contributed by atoms with E-state index >= 15 is 0 Å². The predicted octanol–water partition coefficient (Wildman–Crippen LogP) is 3.08. The smallest absolute Gasteiger partial charge is 0.251 e. The number of benzene rings is 2. The van der Waals surface area contributed by atoms with Gasteiger partial charge in [-0.1, -0.05) is 30.3 Å². The minimum absolute atomic E-state index is 0.131. The molecule has 26 heavy (non-hydrogen) atoms. The zero-order valence-corrected chi connectivity index (χ0v) is 14.6. The molecule has 0 unspecified atom stereocenters. The SMILES string of the molecule is COc1ccccc1-n1nc(C2CC2)nc1CNC(=O)c1ccccc1. The standard InChI is InChI=1S/C20H20N4O2/c1-26-17-10-6-5-9-16(17)24-18(22-19(23-24)14-11-12-14)13-21-20(25)15-7-3-2-4-8-15/h2-10,14H,11-13H2,1H3,(H,21,25). The maximum absolute atomic E-state index is 12.3. The molecule has 0 bridgehead atoms. The number of hydrogen-bond donors (Lipinski definition) is 1. The second-order valence-corrected chi connectivity index (χ2v) is 6.29. The summed E-state index contributed by atoms with van der Waals surface area (Å²) in [5, 5.41) is 7.61. The monoisotopic (exact) mass is 348 g/mol. The largest absolute Gasteiger partial charge is 0.494 e. The first-order chi connectivity index (χ1) is 12.8. The highest BCUT2D eigenvalue weighted by Gasteiger charge is 2.29. The van der Waals surface area contributed by atoms with Gasteiger partial charge in [0, 0.05) is 11.5 Å². The number of para-hydroxylation sites is 2. The molecule has 2 aromatic carbocycles. The van der Waals surface area contributed by atoms with Gasteiger partial charge in [-0.2, -0.15) is 5.10 Å². The molecular weight excluding hydrogens is 328 g/mol. The van der Waals surface area contributed by atoms with Gasteiger partial charge in [0.05, 0.1) is 13.7 Å². The van der Waals surface area contributed by atoms with Gasteiger partial charge in [0.2, 0.25) is 0 Å². The molecular formula is C20H20N4O2. The first-order valence-electron chi connectivity index (χ1n) is 8.68. The van der Waals surface area contributed by atoms with E-state index in [1.54, 1.807) is 23.9 Å². The van der Waals surface area contributed by atoms with E-state index in [-0.39, 0.29) is 5.91 Å². The van der Waals surface area contributed by atoms with Crippen molar-refractivity contribution in [2.45, 2.75) is 25.3 Å². The summed E-state index contributed by atoms with van der Waals surface area (Å²) < 4.78 is 7.23. The van der Waals surface area contributed by atoms with Gasteiger partial charge in [0.25, 0.3) is 5.91 Å². The molecule has 0 aliphatic heterocycles. The molecule has 1 aliphatic carbocycles. The van der Waals surface area contributed by atoms with E-state index in [0.29, 0.717) is 23.9 Å². The molecule has 0 spiro atoms. The number of rotatable bonds is 6.